The number of rotatable bonds is 2. The SMILES string of the molecule is C1=C(c2ccccc2)N=C2CN=C(c3ccccc3)N2N1. The molecule has 2 aliphatic rings. The minimum Gasteiger partial charge on any atom is -0.296 e. The number of nitrogens with zero attached hydrogens (tertiary/aromatic N) is 3. The first kappa shape index (κ1) is 11.9. The zero-order valence-electron chi connectivity index (χ0n) is 11.4. The van der Waals surface area contributed by atoms with Crippen LogP contribution in [0.15, 0.2) is 76.8 Å². The number of fused-ring (bicyclic) bond motifs is 1. The molecular weight excluding hydrogens is 260 g/mol. The third-order valence-corrected chi connectivity index (χ3v) is 3.52. The molecule has 0 atom stereocenters. The predicted octanol–water partition coefficient (Wildman–Crippen LogP) is 2.66. The minimum atomic E-state index is 0.599. The maximum atomic E-state index is 4.72. The number of benzene rings is 2. The lowest BCUT2D eigenvalue weighted by Gasteiger charge is -2.25. The number of hydrogen-bond acceptors (Lipinski definition) is 4. The first-order valence-corrected chi connectivity index (χ1v) is 6.91. The summed E-state index contributed by atoms with van der Waals surface area (Å²) in [5.74, 6) is 1.84. The van der Waals surface area contributed by atoms with E-state index in [2.05, 4.69) is 34.7 Å². The van der Waals surface area contributed by atoms with Crippen LogP contribution < -0.4 is 5.43 Å². The van der Waals surface area contributed by atoms with Gasteiger partial charge in [-0.2, -0.15) is 0 Å². The van der Waals surface area contributed by atoms with Gasteiger partial charge in [0.1, 0.15) is 6.54 Å². The highest BCUT2D eigenvalue weighted by Crippen LogP contribution is 2.21. The molecule has 1 N–H and O–H groups in total. The van der Waals surface area contributed by atoms with Crippen molar-refractivity contribution >= 4 is 17.4 Å². The average Bonchev–Trinajstić information content (AvgIpc) is 2.99. The van der Waals surface area contributed by atoms with E-state index < -0.39 is 0 Å². The Morgan fingerprint density at radius 3 is 2.24 bits per heavy atom. The minimum absolute atomic E-state index is 0.599. The van der Waals surface area contributed by atoms with E-state index in [0.29, 0.717) is 6.54 Å². The molecule has 0 fully saturated rings. The van der Waals surface area contributed by atoms with Gasteiger partial charge in [-0.25, -0.2) is 10.0 Å². The Kier molecular flexibility index (Phi) is 2.78. The van der Waals surface area contributed by atoms with Gasteiger partial charge in [-0.15, -0.1) is 0 Å². The quantitative estimate of drug-likeness (QED) is 0.914. The molecule has 4 rings (SSSR count). The molecule has 2 aromatic rings. The molecule has 0 radical (unpaired) electrons. The van der Waals surface area contributed by atoms with E-state index in [9.17, 15) is 0 Å². The van der Waals surface area contributed by atoms with Crippen molar-refractivity contribution in [2.45, 2.75) is 0 Å². The number of hydrazine groups is 1. The highest BCUT2D eigenvalue weighted by atomic mass is 15.6. The molecule has 0 saturated heterocycles. The Morgan fingerprint density at radius 2 is 1.52 bits per heavy atom. The summed E-state index contributed by atoms with van der Waals surface area (Å²) in [6.07, 6.45) is 1.92. The number of hydrogen-bond donors (Lipinski definition) is 1. The fourth-order valence-electron chi connectivity index (χ4n) is 2.49. The first-order chi connectivity index (χ1) is 10.4. The molecule has 0 spiro atoms. The van der Waals surface area contributed by atoms with E-state index in [4.69, 9.17) is 4.99 Å². The molecule has 4 nitrogen and oxygen atoms in total. The average molecular weight is 274 g/mol. The van der Waals surface area contributed by atoms with Crippen molar-refractivity contribution in [3.63, 3.8) is 0 Å². The van der Waals surface area contributed by atoms with Crippen LogP contribution in [0.2, 0.25) is 0 Å². The van der Waals surface area contributed by atoms with E-state index in [1.54, 1.807) is 0 Å². The molecular formula is C17H14N4. The molecule has 4 heteroatoms. The van der Waals surface area contributed by atoms with Crippen LogP contribution in [0.25, 0.3) is 5.70 Å². The van der Waals surface area contributed by atoms with Crippen molar-refractivity contribution in [3.05, 3.63) is 78.0 Å². The molecule has 2 heterocycles. The predicted molar refractivity (Wildman–Crippen MR) is 84.7 cm³/mol. The summed E-state index contributed by atoms with van der Waals surface area (Å²) >= 11 is 0. The van der Waals surface area contributed by atoms with Gasteiger partial charge in [0.2, 0.25) is 0 Å². The van der Waals surface area contributed by atoms with E-state index in [1.165, 1.54) is 0 Å². The lowest BCUT2D eigenvalue weighted by molar-refractivity contribution is 0.531. The van der Waals surface area contributed by atoms with Crippen LogP contribution in [0.4, 0.5) is 0 Å². The van der Waals surface area contributed by atoms with Gasteiger partial charge < -0.3 is 0 Å². The standard InChI is InChI=1S/C17H14N4/c1-3-7-13(8-4-1)15-11-19-21-16(20-15)12-18-17(21)14-9-5-2-6-10-14/h1-11,19H,12H2. The van der Waals surface area contributed by atoms with Gasteiger partial charge in [-0.3, -0.25) is 10.4 Å². The fraction of sp³-hybridized carbons (Fsp3) is 0.0588. The van der Waals surface area contributed by atoms with Crippen molar-refractivity contribution in [2.24, 2.45) is 9.98 Å². The van der Waals surface area contributed by atoms with Gasteiger partial charge in [0.15, 0.2) is 11.7 Å². The van der Waals surface area contributed by atoms with Crippen molar-refractivity contribution in [2.75, 3.05) is 6.54 Å². The molecule has 21 heavy (non-hydrogen) atoms. The zero-order chi connectivity index (χ0) is 14.1. The summed E-state index contributed by atoms with van der Waals surface area (Å²) in [5.41, 5.74) is 6.42. The second-order valence-electron chi connectivity index (χ2n) is 4.89. The van der Waals surface area contributed by atoms with Gasteiger partial charge in [-0.05, 0) is 0 Å². The summed E-state index contributed by atoms with van der Waals surface area (Å²) in [5, 5.41) is 1.95. The second kappa shape index (κ2) is 4.90. The van der Waals surface area contributed by atoms with Crippen molar-refractivity contribution < 1.29 is 0 Å². The molecule has 0 bridgehead atoms. The summed E-state index contributed by atoms with van der Waals surface area (Å²) in [7, 11) is 0. The third kappa shape index (κ3) is 2.10. The van der Waals surface area contributed by atoms with Crippen molar-refractivity contribution in [1.29, 1.82) is 0 Å². The number of nitrogens with one attached hydrogen (secondary N) is 1. The maximum Gasteiger partial charge on any atom is 0.156 e. The van der Waals surface area contributed by atoms with Gasteiger partial charge in [0.05, 0.1) is 5.70 Å². The molecule has 2 aliphatic heterocycles. The van der Waals surface area contributed by atoms with Crippen LogP contribution in [-0.2, 0) is 0 Å². The smallest absolute Gasteiger partial charge is 0.156 e. The Balaban J connectivity index is 1.63. The molecule has 2 aromatic carbocycles. The highest BCUT2D eigenvalue weighted by Gasteiger charge is 2.27. The Morgan fingerprint density at radius 1 is 0.857 bits per heavy atom. The van der Waals surface area contributed by atoms with Crippen LogP contribution >= 0.6 is 0 Å². The first-order valence-electron chi connectivity index (χ1n) is 6.91. The highest BCUT2D eigenvalue weighted by molar-refractivity contribution is 6.15. The molecule has 102 valence electrons. The molecule has 0 aliphatic carbocycles. The van der Waals surface area contributed by atoms with Crippen molar-refractivity contribution in [3.8, 4) is 0 Å². The molecule has 0 saturated carbocycles. The van der Waals surface area contributed by atoms with Crippen LogP contribution in [0.3, 0.4) is 0 Å². The largest absolute Gasteiger partial charge is 0.296 e. The Hall–Kier alpha value is -2.88. The van der Waals surface area contributed by atoms with E-state index >= 15 is 0 Å². The van der Waals surface area contributed by atoms with Crippen LogP contribution in [-0.4, -0.2) is 23.2 Å². The van der Waals surface area contributed by atoms with Crippen molar-refractivity contribution in [1.82, 2.24) is 10.4 Å². The normalized spacial score (nSPS) is 16.6. The number of amidine groups is 2. The Bertz CT molecular complexity index is 745. The molecule has 0 aromatic heterocycles. The second-order valence-corrected chi connectivity index (χ2v) is 4.89. The maximum absolute atomic E-state index is 4.72. The Labute approximate surface area is 123 Å². The van der Waals surface area contributed by atoms with Gasteiger partial charge in [0.25, 0.3) is 0 Å². The van der Waals surface area contributed by atoms with E-state index in [1.807, 2.05) is 47.6 Å². The summed E-state index contributed by atoms with van der Waals surface area (Å²) in [6.45, 7) is 0.599. The van der Waals surface area contributed by atoms with Gasteiger partial charge >= 0.3 is 0 Å². The van der Waals surface area contributed by atoms with Gasteiger partial charge in [-0.1, -0.05) is 60.7 Å². The number of aliphatic imine (C=N–C) groups is 2. The van der Waals surface area contributed by atoms with E-state index in [-0.39, 0.29) is 0 Å². The third-order valence-electron chi connectivity index (χ3n) is 3.52. The zero-order valence-corrected chi connectivity index (χ0v) is 11.4. The summed E-state index contributed by atoms with van der Waals surface area (Å²) in [6, 6.07) is 20.3. The summed E-state index contributed by atoms with van der Waals surface area (Å²) < 4.78 is 0. The van der Waals surface area contributed by atoms with Crippen LogP contribution in [0, 0.1) is 0 Å². The topological polar surface area (TPSA) is 40.0 Å². The monoisotopic (exact) mass is 274 g/mol. The van der Waals surface area contributed by atoms with Gasteiger partial charge in [0, 0.05) is 17.3 Å². The summed E-state index contributed by atoms with van der Waals surface area (Å²) in [4.78, 5) is 9.31. The molecule has 0 amide bonds. The van der Waals surface area contributed by atoms with E-state index in [0.717, 1.165) is 28.5 Å². The lowest BCUT2D eigenvalue weighted by Crippen LogP contribution is -2.43. The fourth-order valence-corrected chi connectivity index (χ4v) is 2.49. The van der Waals surface area contributed by atoms with Crippen LogP contribution in [0.1, 0.15) is 11.1 Å². The van der Waals surface area contributed by atoms with Crippen LogP contribution in [0.5, 0.6) is 0 Å². The molecule has 0 unspecified atom stereocenters. The lowest BCUT2D eigenvalue weighted by atomic mass is 10.1.